The molecule has 0 spiro atoms. The van der Waals surface area contributed by atoms with Gasteiger partial charge in [-0.2, -0.15) is 0 Å². The minimum Gasteiger partial charge on any atom is -0.507 e. The first-order valence-electron chi connectivity index (χ1n) is 10.9. The van der Waals surface area contributed by atoms with Crippen molar-refractivity contribution < 1.29 is 28.6 Å². The summed E-state index contributed by atoms with van der Waals surface area (Å²) < 4.78 is 16.6. The molecule has 3 aromatic rings. The predicted molar refractivity (Wildman–Crippen MR) is 125 cm³/mol. The number of benzene rings is 2. The third kappa shape index (κ3) is 3.77. The lowest BCUT2D eigenvalue weighted by atomic mass is 9.95. The third-order valence-corrected chi connectivity index (χ3v) is 5.99. The molecule has 1 saturated heterocycles. The molecule has 2 aromatic carbocycles. The molecule has 0 radical (unpaired) electrons. The number of ether oxygens (including phenoxy) is 2. The van der Waals surface area contributed by atoms with Crippen LogP contribution in [0.3, 0.4) is 0 Å². The van der Waals surface area contributed by atoms with E-state index in [-0.39, 0.29) is 17.9 Å². The maximum absolute atomic E-state index is 13.2. The van der Waals surface area contributed by atoms with Crippen molar-refractivity contribution in [2.75, 3.05) is 32.2 Å². The summed E-state index contributed by atoms with van der Waals surface area (Å²) in [6.07, 6.45) is 1.52. The Balaban J connectivity index is 1.62. The first-order valence-corrected chi connectivity index (χ1v) is 10.9. The Kier molecular flexibility index (Phi) is 5.49. The quantitative estimate of drug-likeness (QED) is 0.352. The summed E-state index contributed by atoms with van der Waals surface area (Å²) >= 11 is 0. The van der Waals surface area contributed by atoms with Crippen LogP contribution in [0.1, 0.15) is 22.9 Å². The number of likely N-dealkylation sites (tertiary alicyclic amines) is 1. The van der Waals surface area contributed by atoms with E-state index in [1.54, 1.807) is 30.3 Å². The normalized spacial score (nSPS) is 18.9. The number of carbonyl (C=O) groups excluding carboxylic acids is 2. The number of hydrogen-bond acceptors (Lipinski definition) is 7. The number of nitrogens with zero attached hydrogens (tertiary/aromatic N) is 2. The van der Waals surface area contributed by atoms with Gasteiger partial charge in [0.15, 0.2) is 11.5 Å². The number of carbonyl (C=O) groups is 2. The van der Waals surface area contributed by atoms with Gasteiger partial charge in [-0.15, -0.1) is 0 Å². The topological polar surface area (TPSA) is 92.5 Å². The first kappa shape index (κ1) is 21.6. The minimum absolute atomic E-state index is 0.0193. The number of hydrogen-bond donors (Lipinski definition) is 1. The van der Waals surface area contributed by atoms with E-state index < -0.39 is 17.7 Å². The number of aliphatic hydroxyl groups excluding tert-OH is 1. The van der Waals surface area contributed by atoms with Gasteiger partial charge in [-0.05, 0) is 48.0 Å². The molecule has 1 unspecified atom stereocenters. The van der Waals surface area contributed by atoms with Crippen molar-refractivity contribution >= 4 is 23.1 Å². The zero-order valence-electron chi connectivity index (χ0n) is 18.9. The van der Waals surface area contributed by atoms with Gasteiger partial charge in [0, 0.05) is 25.3 Å². The number of Topliss-reactive ketones (excluding diaryl/α,β-unsaturated/α-hetero) is 1. The summed E-state index contributed by atoms with van der Waals surface area (Å²) in [7, 11) is 3.86. The second kappa shape index (κ2) is 8.62. The fraction of sp³-hybridized carbons (Fsp3) is 0.231. The van der Waals surface area contributed by atoms with E-state index in [1.165, 1.54) is 11.2 Å². The van der Waals surface area contributed by atoms with Crippen LogP contribution in [-0.2, 0) is 16.1 Å². The van der Waals surface area contributed by atoms with Gasteiger partial charge in [0.05, 0.1) is 24.4 Å². The molecule has 1 atom stereocenters. The SMILES string of the molecule is CN(C)c1ccc(C2C(=C(O)c3ccc4c(c3)OCCO4)C(=O)C(=O)N2Cc2ccco2)cc1. The molecule has 0 aliphatic carbocycles. The van der Waals surface area contributed by atoms with Gasteiger partial charge >= 0.3 is 0 Å². The van der Waals surface area contributed by atoms with Crippen LogP contribution in [-0.4, -0.2) is 49.0 Å². The molecule has 1 amide bonds. The van der Waals surface area contributed by atoms with Crippen LogP contribution in [0.2, 0.25) is 0 Å². The van der Waals surface area contributed by atoms with Gasteiger partial charge in [0.1, 0.15) is 24.7 Å². The van der Waals surface area contributed by atoms with Crippen molar-refractivity contribution in [3.05, 3.63) is 83.3 Å². The van der Waals surface area contributed by atoms with Crippen LogP contribution in [0.25, 0.3) is 5.76 Å². The van der Waals surface area contributed by atoms with Crippen molar-refractivity contribution in [3.8, 4) is 11.5 Å². The summed E-state index contributed by atoms with van der Waals surface area (Å²) in [6.45, 7) is 0.928. The van der Waals surface area contributed by atoms with Crippen molar-refractivity contribution in [2.45, 2.75) is 12.6 Å². The van der Waals surface area contributed by atoms with Gasteiger partial charge in [-0.1, -0.05) is 12.1 Å². The molecule has 174 valence electrons. The molecule has 2 aliphatic heterocycles. The fourth-order valence-electron chi connectivity index (χ4n) is 4.26. The maximum Gasteiger partial charge on any atom is 0.296 e. The first-order chi connectivity index (χ1) is 16.4. The Labute approximate surface area is 196 Å². The standard InChI is InChI=1S/C26H24N2O6/c1-27(2)18-8-5-16(6-9-18)23-22(25(30)26(31)28(23)15-19-4-3-11-32-19)24(29)17-7-10-20-21(14-17)34-13-12-33-20/h3-11,14,23,29H,12-13,15H2,1-2H3. The summed E-state index contributed by atoms with van der Waals surface area (Å²) in [5.74, 6) is -0.128. The largest absolute Gasteiger partial charge is 0.507 e. The fourth-order valence-corrected chi connectivity index (χ4v) is 4.26. The average molecular weight is 460 g/mol. The highest BCUT2D eigenvalue weighted by Gasteiger charge is 2.46. The van der Waals surface area contributed by atoms with Gasteiger partial charge in [-0.3, -0.25) is 9.59 Å². The van der Waals surface area contributed by atoms with Crippen LogP contribution in [0.15, 0.2) is 70.9 Å². The van der Waals surface area contributed by atoms with E-state index in [1.807, 2.05) is 43.3 Å². The monoisotopic (exact) mass is 460 g/mol. The summed E-state index contributed by atoms with van der Waals surface area (Å²) in [6, 6.07) is 15.2. The Morgan fingerprint density at radius 3 is 2.44 bits per heavy atom. The summed E-state index contributed by atoms with van der Waals surface area (Å²) in [4.78, 5) is 29.7. The van der Waals surface area contributed by atoms with Crippen molar-refractivity contribution in [1.29, 1.82) is 0 Å². The molecular weight excluding hydrogens is 436 g/mol. The molecule has 0 saturated carbocycles. The average Bonchev–Trinajstić information content (AvgIpc) is 3.46. The maximum atomic E-state index is 13.2. The van der Waals surface area contributed by atoms with Crippen molar-refractivity contribution in [3.63, 3.8) is 0 Å². The van der Waals surface area contributed by atoms with Gasteiger partial charge in [0.2, 0.25) is 0 Å². The van der Waals surface area contributed by atoms with Gasteiger partial charge in [0.25, 0.3) is 11.7 Å². The molecule has 34 heavy (non-hydrogen) atoms. The Bertz CT molecular complexity index is 1260. The molecule has 1 aromatic heterocycles. The van der Waals surface area contributed by atoms with Crippen molar-refractivity contribution in [1.82, 2.24) is 4.90 Å². The number of amides is 1. The molecule has 3 heterocycles. The van der Waals surface area contributed by atoms with E-state index in [9.17, 15) is 14.7 Å². The molecule has 5 rings (SSSR count). The number of aliphatic hydroxyl groups is 1. The molecule has 1 N–H and O–H groups in total. The van der Waals surface area contributed by atoms with Crippen LogP contribution in [0, 0.1) is 0 Å². The Morgan fingerprint density at radius 1 is 1.03 bits per heavy atom. The molecule has 2 aliphatic rings. The minimum atomic E-state index is -0.783. The highest BCUT2D eigenvalue weighted by molar-refractivity contribution is 6.46. The smallest absolute Gasteiger partial charge is 0.296 e. The molecule has 0 bridgehead atoms. The van der Waals surface area contributed by atoms with Crippen LogP contribution < -0.4 is 14.4 Å². The van der Waals surface area contributed by atoms with E-state index in [0.717, 1.165) is 5.69 Å². The van der Waals surface area contributed by atoms with Crippen LogP contribution in [0.4, 0.5) is 5.69 Å². The second-order valence-corrected chi connectivity index (χ2v) is 8.35. The predicted octanol–water partition coefficient (Wildman–Crippen LogP) is 3.74. The lowest BCUT2D eigenvalue weighted by Crippen LogP contribution is -2.29. The number of rotatable bonds is 5. The number of anilines is 1. The number of fused-ring (bicyclic) bond motifs is 1. The third-order valence-electron chi connectivity index (χ3n) is 5.99. The van der Waals surface area contributed by atoms with E-state index >= 15 is 0 Å². The zero-order chi connectivity index (χ0) is 23.8. The van der Waals surface area contributed by atoms with Crippen LogP contribution in [0.5, 0.6) is 11.5 Å². The summed E-state index contributed by atoms with van der Waals surface area (Å²) in [5.41, 5.74) is 2.06. The van der Waals surface area contributed by atoms with Crippen molar-refractivity contribution in [2.24, 2.45) is 0 Å². The van der Waals surface area contributed by atoms with Crippen LogP contribution >= 0.6 is 0 Å². The Hall–Kier alpha value is -4.20. The van der Waals surface area contributed by atoms with E-state index in [2.05, 4.69) is 0 Å². The second-order valence-electron chi connectivity index (χ2n) is 8.35. The number of furan rings is 1. The van der Waals surface area contributed by atoms with Gasteiger partial charge < -0.3 is 28.8 Å². The lowest BCUT2D eigenvalue weighted by Gasteiger charge is -2.25. The molecular formula is C26H24N2O6. The Morgan fingerprint density at radius 2 is 1.76 bits per heavy atom. The molecule has 1 fully saturated rings. The number of ketones is 1. The summed E-state index contributed by atoms with van der Waals surface area (Å²) in [5, 5.41) is 11.3. The lowest BCUT2D eigenvalue weighted by molar-refractivity contribution is -0.140. The highest BCUT2D eigenvalue weighted by atomic mass is 16.6. The van der Waals surface area contributed by atoms with E-state index in [4.69, 9.17) is 13.9 Å². The molecule has 8 heteroatoms. The van der Waals surface area contributed by atoms with Gasteiger partial charge in [-0.25, -0.2) is 0 Å². The highest BCUT2D eigenvalue weighted by Crippen LogP contribution is 2.42. The van der Waals surface area contributed by atoms with E-state index in [0.29, 0.717) is 41.6 Å². The molecule has 8 nitrogen and oxygen atoms in total. The zero-order valence-corrected chi connectivity index (χ0v) is 18.9.